The van der Waals surface area contributed by atoms with Crippen molar-refractivity contribution in [3.8, 4) is 0 Å². The lowest BCUT2D eigenvalue weighted by Gasteiger charge is -2.53. The summed E-state index contributed by atoms with van der Waals surface area (Å²) in [5, 5.41) is 9.09. The number of hydrazine groups is 1. The third-order valence-electron chi connectivity index (χ3n) is 6.22. The van der Waals surface area contributed by atoms with Crippen LogP contribution in [0.4, 0.5) is 4.79 Å². The van der Waals surface area contributed by atoms with Crippen LogP contribution >= 0.6 is 0 Å². The molecule has 2 atom stereocenters. The molecule has 3 aliphatic heterocycles. The van der Waals surface area contributed by atoms with Crippen LogP contribution in [0, 0.1) is 5.92 Å². The van der Waals surface area contributed by atoms with Crippen LogP contribution in [0.5, 0.6) is 0 Å². The van der Waals surface area contributed by atoms with Crippen molar-refractivity contribution in [2.75, 3.05) is 19.7 Å². The van der Waals surface area contributed by atoms with Crippen molar-refractivity contribution in [2.45, 2.75) is 44.7 Å². The summed E-state index contributed by atoms with van der Waals surface area (Å²) < 4.78 is 4.40. The Kier molecular flexibility index (Phi) is 8.64. The molecular formula is C25H33N3O4. The zero-order valence-electron chi connectivity index (χ0n) is 18.7. The average molecular weight is 440 g/mol. The van der Waals surface area contributed by atoms with Gasteiger partial charge in [-0.3, -0.25) is 15.1 Å². The molecule has 172 valence electrons. The number of nitrogens with one attached hydrogen (secondary N) is 2. The number of hydrogen-bond donors (Lipinski definition) is 3. The van der Waals surface area contributed by atoms with Gasteiger partial charge in [0.05, 0.1) is 6.61 Å². The van der Waals surface area contributed by atoms with Crippen LogP contribution in [0.1, 0.15) is 43.7 Å². The molecule has 3 fully saturated rings. The number of nitrogens with zero attached hydrogens (tertiary/aromatic N) is 1. The summed E-state index contributed by atoms with van der Waals surface area (Å²) in [6, 6.07) is 21.5. The van der Waals surface area contributed by atoms with Gasteiger partial charge >= 0.3 is 12.1 Å². The second kappa shape index (κ2) is 11.6. The quantitative estimate of drug-likeness (QED) is 0.470. The molecule has 3 saturated heterocycles. The maximum Gasteiger partial charge on any atom is 0.419 e. The van der Waals surface area contributed by atoms with Gasteiger partial charge in [0, 0.05) is 24.9 Å². The van der Waals surface area contributed by atoms with Crippen LogP contribution < -0.4 is 10.9 Å². The van der Waals surface area contributed by atoms with Crippen LogP contribution in [-0.2, 0) is 9.53 Å². The van der Waals surface area contributed by atoms with Crippen molar-refractivity contribution in [2.24, 2.45) is 5.92 Å². The van der Waals surface area contributed by atoms with Gasteiger partial charge in [-0.1, -0.05) is 60.7 Å². The van der Waals surface area contributed by atoms with Gasteiger partial charge in [0.1, 0.15) is 0 Å². The minimum absolute atomic E-state index is 0.0963. The number of carbonyl (C=O) groups is 2. The topological polar surface area (TPSA) is 90.9 Å². The number of carboxylic acid groups (broad SMARTS) is 1. The Morgan fingerprint density at radius 1 is 1.03 bits per heavy atom. The molecule has 2 aromatic carbocycles. The highest BCUT2D eigenvalue weighted by molar-refractivity contribution is 5.65. The van der Waals surface area contributed by atoms with E-state index in [4.69, 9.17) is 5.11 Å². The zero-order chi connectivity index (χ0) is 22.9. The lowest BCUT2D eigenvalue weighted by molar-refractivity contribution is -0.140. The minimum Gasteiger partial charge on any atom is -0.466 e. The zero-order valence-corrected chi connectivity index (χ0v) is 18.7. The van der Waals surface area contributed by atoms with E-state index in [0.717, 1.165) is 25.9 Å². The summed E-state index contributed by atoms with van der Waals surface area (Å²) in [5.41, 5.74) is 8.11. The van der Waals surface area contributed by atoms with E-state index in [0.29, 0.717) is 12.5 Å². The fourth-order valence-corrected chi connectivity index (χ4v) is 4.96. The number of amides is 1. The number of piperidine rings is 3. The monoisotopic (exact) mass is 439 g/mol. The summed E-state index contributed by atoms with van der Waals surface area (Å²) in [7, 11) is 0. The molecule has 32 heavy (non-hydrogen) atoms. The first-order valence-corrected chi connectivity index (χ1v) is 11.2. The standard InChI is InChI=1S/C21H25N3O2.C4H8O2/c25-21(26)23-22-19-17-11-13-24(14-12-17)20(19)18(15-7-3-1-4-8-15)16-9-5-2-6-10-16;1-3-6-4(2)5/h1-10,17-20,22-23H,11-14H2,(H,25,26);3H2,1-2H3. The Hall–Kier alpha value is -2.90. The third kappa shape index (κ3) is 6.08. The lowest BCUT2D eigenvalue weighted by atomic mass is 9.71. The highest BCUT2D eigenvalue weighted by Gasteiger charge is 2.46. The van der Waals surface area contributed by atoms with Crippen molar-refractivity contribution in [3.05, 3.63) is 71.8 Å². The molecule has 5 rings (SSSR count). The van der Waals surface area contributed by atoms with Gasteiger partial charge < -0.3 is 9.84 Å². The van der Waals surface area contributed by atoms with Gasteiger partial charge in [0.15, 0.2) is 0 Å². The van der Waals surface area contributed by atoms with Gasteiger partial charge in [-0.25, -0.2) is 10.2 Å². The van der Waals surface area contributed by atoms with Gasteiger partial charge in [-0.05, 0) is 49.9 Å². The second-order valence-corrected chi connectivity index (χ2v) is 8.19. The van der Waals surface area contributed by atoms with Crippen LogP contribution in [0.25, 0.3) is 0 Å². The number of fused-ring (bicyclic) bond motifs is 3. The SMILES string of the molecule is CCOC(C)=O.O=C(O)NNC1C2CCN(CC2)C1C(c1ccccc1)c1ccccc1. The smallest absolute Gasteiger partial charge is 0.419 e. The van der Waals surface area contributed by atoms with E-state index in [9.17, 15) is 9.59 Å². The van der Waals surface area contributed by atoms with E-state index in [1.54, 1.807) is 6.92 Å². The molecule has 0 aliphatic carbocycles. The number of benzene rings is 2. The molecule has 1 amide bonds. The molecule has 0 saturated carbocycles. The van der Waals surface area contributed by atoms with E-state index in [1.165, 1.54) is 18.1 Å². The van der Waals surface area contributed by atoms with Gasteiger partial charge in [0.2, 0.25) is 0 Å². The molecule has 3 heterocycles. The van der Waals surface area contributed by atoms with Crippen molar-refractivity contribution < 1.29 is 19.4 Å². The first kappa shape index (κ1) is 23.8. The number of hydrogen-bond acceptors (Lipinski definition) is 5. The summed E-state index contributed by atoms with van der Waals surface area (Å²) in [5.74, 6) is 0.484. The van der Waals surface area contributed by atoms with E-state index in [-0.39, 0.29) is 24.0 Å². The number of ether oxygens (including phenoxy) is 1. The molecule has 0 spiro atoms. The van der Waals surface area contributed by atoms with Gasteiger partial charge in [0.25, 0.3) is 0 Å². The molecule has 0 aromatic heterocycles. The molecule has 2 aromatic rings. The molecule has 7 heteroatoms. The number of rotatable bonds is 6. The molecule has 2 bridgehead atoms. The van der Waals surface area contributed by atoms with E-state index in [2.05, 4.69) is 69.0 Å². The maximum absolute atomic E-state index is 11.1. The molecule has 7 nitrogen and oxygen atoms in total. The summed E-state index contributed by atoms with van der Waals surface area (Å²) in [6.45, 7) is 5.81. The Morgan fingerprint density at radius 2 is 1.56 bits per heavy atom. The van der Waals surface area contributed by atoms with Crippen molar-refractivity contribution in [1.82, 2.24) is 15.8 Å². The van der Waals surface area contributed by atoms with Crippen LogP contribution in [0.3, 0.4) is 0 Å². The Morgan fingerprint density at radius 3 is 1.97 bits per heavy atom. The Balaban J connectivity index is 0.000000427. The van der Waals surface area contributed by atoms with E-state index < -0.39 is 6.09 Å². The normalized spacial score (nSPS) is 23.7. The average Bonchev–Trinajstić information content (AvgIpc) is 2.81. The van der Waals surface area contributed by atoms with Crippen LogP contribution in [0.2, 0.25) is 0 Å². The first-order chi connectivity index (χ1) is 15.5. The Bertz CT molecular complexity index is 815. The third-order valence-corrected chi connectivity index (χ3v) is 6.22. The predicted octanol–water partition coefficient (Wildman–Crippen LogP) is 3.62. The highest BCUT2D eigenvalue weighted by Crippen LogP contribution is 2.41. The molecule has 3 N–H and O–H groups in total. The van der Waals surface area contributed by atoms with Gasteiger partial charge in [-0.15, -0.1) is 0 Å². The fraction of sp³-hybridized carbons (Fsp3) is 0.440. The van der Waals surface area contributed by atoms with E-state index >= 15 is 0 Å². The largest absolute Gasteiger partial charge is 0.466 e. The molecular weight excluding hydrogens is 406 g/mol. The maximum atomic E-state index is 11.1. The number of carbonyl (C=O) groups excluding carboxylic acids is 1. The fourth-order valence-electron chi connectivity index (χ4n) is 4.96. The molecule has 3 aliphatic rings. The molecule has 0 radical (unpaired) electrons. The first-order valence-electron chi connectivity index (χ1n) is 11.2. The molecule has 2 unspecified atom stereocenters. The minimum atomic E-state index is -1.03. The number of esters is 1. The van der Waals surface area contributed by atoms with E-state index in [1.807, 2.05) is 12.1 Å². The van der Waals surface area contributed by atoms with Crippen molar-refractivity contribution in [1.29, 1.82) is 0 Å². The van der Waals surface area contributed by atoms with Crippen LogP contribution in [-0.4, -0.2) is 53.8 Å². The van der Waals surface area contributed by atoms with Crippen LogP contribution in [0.15, 0.2) is 60.7 Å². The van der Waals surface area contributed by atoms with Crippen molar-refractivity contribution >= 4 is 12.1 Å². The summed E-state index contributed by atoms with van der Waals surface area (Å²) in [4.78, 5) is 23.4. The predicted molar refractivity (Wildman–Crippen MR) is 123 cm³/mol. The second-order valence-electron chi connectivity index (χ2n) is 8.19. The summed E-state index contributed by atoms with van der Waals surface area (Å²) >= 11 is 0. The Labute approximate surface area is 189 Å². The van der Waals surface area contributed by atoms with Crippen molar-refractivity contribution in [3.63, 3.8) is 0 Å². The van der Waals surface area contributed by atoms with Gasteiger partial charge in [-0.2, -0.15) is 0 Å². The summed E-state index contributed by atoms with van der Waals surface area (Å²) in [6.07, 6.45) is 1.20. The lowest BCUT2D eigenvalue weighted by Crippen LogP contribution is -2.67. The highest BCUT2D eigenvalue weighted by atomic mass is 16.5.